The van der Waals surface area contributed by atoms with Gasteiger partial charge in [-0.15, -0.1) is 0 Å². The Balaban J connectivity index is 1.91. The molecule has 1 aliphatic carbocycles. The Morgan fingerprint density at radius 3 is 2.50 bits per heavy atom. The molecule has 1 aromatic carbocycles. The van der Waals surface area contributed by atoms with Crippen LogP contribution in [0, 0.1) is 17.2 Å². The van der Waals surface area contributed by atoms with Crippen LogP contribution in [0.3, 0.4) is 0 Å². The molecule has 1 saturated carbocycles. The van der Waals surface area contributed by atoms with Crippen molar-refractivity contribution in [2.45, 2.75) is 64.5 Å². The molecule has 2 atom stereocenters. The average molecular weight is 270 g/mol. The first kappa shape index (κ1) is 15.1. The Bertz CT molecular complexity index is 441. The van der Waals surface area contributed by atoms with Gasteiger partial charge >= 0.3 is 0 Å². The summed E-state index contributed by atoms with van der Waals surface area (Å²) in [5.74, 6) is 0.772. The lowest BCUT2D eigenvalue weighted by atomic mass is 9.96. The van der Waals surface area contributed by atoms with Crippen molar-refractivity contribution in [2.24, 2.45) is 5.92 Å². The first-order valence-electron chi connectivity index (χ1n) is 7.92. The van der Waals surface area contributed by atoms with Gasteiger partial charge in [-0.2, -0.15) is 5.26 Å². The SMILES string of the molecule is CC(C)c1ccc(CNC2CCCCCC2C#N)cc1. The molecule has 1 fully saturated rings. The maximum Gasteiger partial charge on any atom is 0.0672 e. The standard InChI is InChI=1S/C18H26N2/c1-14(2)16-10-8-15(9-11-16)13-20-18-7-5-3-4-6-17(18)12-19/h8-11,14,17-18,20H,3-7,13H2,1-2H3. The molecule has 0 saturated heterocycles. The molecule has 0 radical (unpaired) electrons. The van der Waals surface area contributed by atoms with E-state index in [1.54, 1.807) is 0 Å². The van der Waals surface area contributed by atoms with E-state index in [2.05, 4.69) is 49.5 Å². The summed E-state index contributed by atoms with van der Waals surface area (Å²) in [5.41, 5.74) is 2.70. The molecule has 0 aromatic heterocycles. The molecule has 0 spiro atoms. The van der Waals surface area contributed by atoms with Gasteiger partial charge in [0.2, 0.25) is 0 Å². The molecule has 0 amide bonds. The number of hydrogen-bond acceptors (Lipinski definition) is 2. The number of nitrogens with one attached hydrogen (secondary N) is 1. The molecule has 108 valence electrons. The fourth-order valence-corrected chi connectivity index (χ4v) is 2.98. The Morgan fingerprint density at radius 1 is 1.15 bits per heavy atom. The number of rotatable bonds is 4. The highest BCUT2D eigenvalue weighted by molar-refractivity contribution is 5.24. The van der Waals surface area contributed by atoms with Crippen molar-refractivity contribution >= 4 is 0 Å². The molecule has 2 unspecified atom stereocenters. The Kier molecular flexibility index (Phi) is 5.61. The van der Waals surface area contributed by atoms with E-state index in [9.17, 15) is 5.26 Å². The third kappa shape index (κ3) is 4.08. The summed E-state index contributed by atoms with van der Waals surface area (Å²) < 4.78 is 0. The van der Waals surface area contributed by atoms with Crippen molar-refractivity contribution in [3.8, 4) is 6.07 Å². The van der Waals surface area contributed by atoms with Crippen LogP contribution in [0.4, 0.5) is 0 Å². The molecule has 1 aliphatic rings. The summed E-state index contributed by atoms with van der Waals surface area (Å²) in [6.07, 6.45) is 5.93. The lowest BCUT2D eigenvalue weighted by molar-refractivity contribution is 0.393. The zero-order chi connectivity index (χ0) is 14.4. The van der Waals surface area contributed by atoms with Crippen LogP contribution in [-0.4, -0.2) is 6.04 Å². The van der Waals surface area contributed by atoms with E-state index in [0.29, 0.717) is 12.0 Å². The molecule has 0 heterocycles. The summed E-state index contributed by atoms with van der Waals surface area (Å²) in [6, 6.07) is 11.7. The normalized spacial score (nSPS) is 23.3. The van der Waals surface area contributed by atoms with Crippen LogP contribution in [0.5, 0.6) is 0 Å². The third-order valence-corrected chi connectivity index (χ3v) is 4.40. The fraction of sp³-hybridized carbons (Fsp3) is 0.611. The van der Waals surface area contributed by atoms with Crippen molar-refractivity contribution < 1.29 is 0 Å². The largest absolute Gasteiger partial charge is 0.309 e. The van der Waals surface area contributed by atoms with Gasteiger partial charge in [0.1, 0.15) is 0 Å². The predicted molar refractivity (Wildman–Crippen MR) is 83.3 cm³/mol. The highest BCUT2D eigenvalue weighted by atomic mass is 14.9. The van der Waals surface area contributed by atoms with E-state index in [0.717, 1.165) is 19.4 Å². The molecule has 2 heteroatoms. The summed E-state index contributed by atoms with van der Waals surface area (Å²) in [4.78, 5) is 0. The van der Waals surface area contributed by atoms with Crippen LogP contribution in [-0.2, 0) is 6.54 Å². The zero-order valence-electron chi connectivity index (χ0n) is 12.7. The number of hydrogen-bond donors (Lipinski definition) is 1. The molecular formula is C18H26N2. The van der Waals surface area contributed by atoms with E-state index in [-0.39, 0.29) is 5.92 Å². The second-order valence-electron chi connectivity index (χ2n) is 6.26. The van der Waals surface area contributed by atoms with Crippen LogP contribution in [0.1, 0.15) is 63.0 Å². The van der Waals surface area contributed by atoms with Gasteiger partial charge in [-0.05, 0) is 29.9 Å². The smallest absolute Gasteiger partial charge is 0.0672 e. The molecule has 1 N–H and O–H groups in total. The Morgan fingerprint density at radius 2 is 1.85 bits per heavy atom. The highest BCUT2D eigenvalue weighted by Gasteiger charge is 2.22. The van der Waals surface area contributed by atoms with Gasteiger partial charge in [0, 0.05) is 12.6 Å². The summed E-state index contributed by atoms with van der Waals surface area (Å²) in [7, 11) is 0. The minimum atomic E-state index is 0.187. The second kappa shape index (κ2) is 7.45. The van der Waals surface area contributed by atoms with Crippen molar-refractivity contribution in [1.82, 2.24) is 5.32 Å². The van der Waals surface area contributed by atoms with Gasteiger partial charge in [-0.3, -0.25) is 0 Å². The van der Waals surface area contributed by atoms with Crippen molar-refractivity contribution in [1.29, 1.82) is 5.26 Å². The lowest BCUT2D eigenvalue weighted by Crippen LogP contribution is -2.34. The maximum absolute atomic E-state index is 9.29. The van der Waals surface area contributed by atoms with Gasteiger partial charge in [-0.25, -0.2) is 0 Å². The van der Waals surface area contributed by atoms with E-state index < -0.39 is 0 Å². The molecule has 20 heavy (non-hydrogen) atoms. The third-order valence-electron chi connectivity index (χ3n) is 4.40. The first-order valence-corrected chi connectivity index (χ1v) is 7.92. The Hall–Kier alpha value is -1.33. The fourth-order valence-electron chi connectivity index (χ4n) is 2.98. The number of nitrogens with zero attached hydrogens (tertiary/aromatic N) is 1. The summed E-state index contributed by atoms with van der Waals surface area (Å²) in [5, 5.41) is 12.9. The summed E-state index contributed by atoms with van der Waals surface area (Å²) in [6.45, 7) is 5.31. The molecule has 0 aliphatic heterocycles. The molecular weight excluding hydrogens is 244 g/mol. The van der Waals surface area contributed by atoms with Gasteiger partial charge < -0.3 is 5.32 Å². The number of nitriles is 1. The molecule has 2 nitrogen and oxygen atoms in total. The molecule has 2 rings (SSSR count). The van der Waals surface area contributed by atoms with E-state index in [4.69, 9.17) is 0 Å². The topological polar surface area (TPSA) is 35.8 Å². The predicted octanol–water partition coefficient (Wildman–Crippen LogP) is 4.37. The van der Waals surface area contributed by atoms with Crippen LogP contribution < -0.4 is 5.32 Å². The lowest BCUT2D eigenvalue weighted by Gasteiger charge is -2.21. The highest BCUT2D eigenvalue weighted by Crippen LogP contribution is 2.23. The van der Waals surface area contributed by atoms with E-state index >= 15 is 0 Å². The van der Waals surface area contributed by atoms with Gasteiger partial charge in [0.05, 0.1) is 12.0 Å². The van der Waals surface area contributed by atoms with Crippen molar-refractivity contribution in [3.05, 3.63) is 35.4 Å². The molecule has 1 aromatic rings. The zero-order valence-corrected chi connectivity index (χ0v) is 12.7. The van der Waals surface area contributed by atoms with Gasteiger partial charge in [0.15, 0.2) is 0 Å². The van der Waals surface area contributed by atoms with E-state index in [1.165, 1.54) is 30.4 Å². The second-order valence-corrected chi connectivity index (χ2v) is 6.26. The summed E-state index contributed by atoms with van der Waals surface area (Å²) >= 11 is 0. The first-order chi connectivity index (χ1) is 9.70. The monoisotopic (exact) mass is 270 g/mol. The van der Waals surface area contributed by atoms with E-state index in [1.807, 2.05) is 0 Å². The number of benzene rings is 1. The average Bonchev–Trinajstić information content (AvgIpc) is 2.70. The van der Waals surface area contributed by atoms with Crippen LogP contribution in [0.15, 0.2) is 24.3 Å². The van der Waals surface area contributed by atoms with Crippen molar-refractivity contribution in [2.75, 3.05) is 0 Å². The van der Waals surface area contributed by atoms with Crippen LogP contribution in [0.2, 0.25) is 0 Å². The maximum atomic E-state index is 9.29. The van der Waals surface area contributed by atoms with Gasteiger partial charge in [-0.1, -0.05) is 57.4 Å². The quantitative estimate of drug-likeness (QED) is 0.824. The van der Waals surface area contributed by atoms with Crippen molar-refractivity contribution in [3.63, 3.8) is 0 Å². The molecule has 0 bridgehead atoms. The minimum absolute atomic E-state index is 0.187. The van der Waals surface area contributed by atoms with Crippen LogP contribution >= 0.6 is 0 Å². The van der Waals surface area contributed by atoms with Crippen LogP contribution in [0.25, 0.3) is 0 Å². The Labute approximate surface area is 123 Å². The minimum Gasteiger partial charge on any atom is -0.309 e. The van der Waals surface area contributed by atoms with Gasteiger partial charge in [0.25, 0.3) is 0 Å².